The topological polar surface area (TPSA) is 92.5 Å². The molecule has 0 spiro atoms. The van der Waals surface area contributed by atoms with E-state index >= 15 is 0 Å². The van der Waals surface area contributed by atoms with Crippen molar-refractivity contribution in [3.05, 3.63) is 0 Å². The Morgan fingerprint density at radius 2 is 1.81 bits per heavy atom. The highest BCUT2D eigenvalue weighted by Gasteiger charge is 2.22. The number of nitrogens with zero attached hydrogens (tertiary/aromatic N) is 1. The predicted molar refractivity (Wildman–Crippen MR) is 90.0 cm³/mol. The van der Waals surface area contributed by atoms with Crippen molar-refractivity contribution in [2.75, 3.05) is 37.7 Å². The van der Waals surface area contributed by atoms with Gasteiger partial charge in [0, 0.05) is 26.2 Å². The molecule has 128 valence electrons. The second-order valence-electron chi connectivity index (χ2n) is 5.20. The van der Waals surface area contributed by atoms with Gasteiger partial charge in [-0.3, -0.25) is 9.69 Å². The predicted octanol–water partition coefficient (Wildman–Crippen LogP) is 0.0500. The molecule has 9 heteroatoms. The molecule has 2 unspecified atom stereocenters. The van der Waals surface area contributed by atoms with Crippen LogP contribution >= 0.6 is 24.8 Å². The van der Waals surface area contributed by atoms with E-state index in [0.717, 1.165) is 6.42 Å². The zero-order chi connectivity index (χ0) is 14.5. The molecule has 21 heavy (non-hydrogen) atoms. The highest BCUT2D eigenvalue weighted by molar-refractivity contribution is 7.91. The van der Waals surface area contributed by atoms with Crippen LogP contribution in [-0.4, -0.2) is 63.0 Å². The normalized spacial score (nSPS) is 20.5. The van der Waals surface area contributed by atoms with Gasteiger partial charge in [-0.2, -0.15) is 0 Å². The molecule has 1 saturated heterocycles. The molecule has 0 aromatic carbocycles. The van der Waals surface area contributed by atoms with E-state index in [-0.39, 0.29) is 48.1 Å². The minimum atomic E-state index is -2.83. The molecule has 0 saturated carbocycles. The van der Waals surface area contributed by atoms with Crippen molar-refractivity contribution in [1.29, 1.82) is 0 Å². The Bertz CT molecular complexity index is 393. The van der Waals surface area contributed by atoms with Crippen LogP contribution in [0.5, 0.6) is 0 Å². The van der Waals surface area contributed by atoms with Gasteiger partial charge in [-0.05, 0) is 5.92 Å². The van der Waals surface area contributed by atoms with Gasteiger partial charge in [0.2, 0.25) is 5.91 Å². The first-order valence-corrected chi connectivity index (χ1v) is 8.64. The third-order valence-corrected chi connectivity index (χ3v) is 5.33. The Labute approximate surface area is 139 Å². The van der Waals surface area contributed by atoms with Gasteiger partial charge in [0.05, 0.1) is 17.5 Å². The molecule has 1 rings (SSSR count). The van der Waals surface area contributed by atoms with Crippen molar-refractivity contribution >= 4 is 40.6 Å². The van der Waals surface area contributed by atoms with Crippen LogP contribution in [0.1, 0.15) is 20.3 Å². The van der Waals surface area contributed by atoms with Crippen molar-refractivity contribution in [3.8, 4) is 0 Å². The number of sulfone groups is 1. The van der Waals surface area contributed by atoms with E-state index in [1.165, 1.54) is 0 Å². The molecule has 1 aliphatic heterocycles. The van der Waals surface area contributed by atoms with Crippen LogP contribution < -0.4 is 11.1 Å². The second-order valence-corrected chi connectivity index (χ2v) is 7.50. The number of hydrogen-bond donors (Lipinski definition) is 2. The number of carbonyl (C=O) groups excluding carboxylic acids is 1. The molecule has 1 amide bonds. The standard InChI is InChI=1S/C12H25N3O3S.2ClH/c1-3-10(2)11(13)12(16)14-4-5-15-6-8-19(17,18)9-7-15;;/h10-11H,3-9,13H2,1-2H3,(H,14,16);2*1H. The quantitative estimate of drug-likeness (QED) is 0.695. The fourth-order valence-corrected chi connectivity index (χ4v) is 3.22. The minimum Gasteiger partial charge on any atom is -0.353 e. The van der Waals surface area contributed by atoms with Crippen LogP contribution in [0.4, 0.5) is 0 Å². The summed E-state index contributed by atoms with van der Waals surface area (Å²) in [4.78, 5) is 13.8. The molecule has 1 heterocycles. The van der Waals surface area contributed by atoms with E-state index in [4.69, 9.17) is 5.73 Å². The summed E-state index contributed by atoms with van der Waals surface area (Å²) in [5, 5.41) is 2.81. The number of nitrogens with one attached hydrogen (secondary N) is 1. The van der Waals surface area contributed by atoms with E-state index in [0.29, 0.717) is 26.2 Å². The monoisotopic (exact) mass is 363 g/mol. The molecule has 0 aromatic heterocycles. The third kappa shape index (κ3) is 8.21. The van der Waals surface area contributed by atoms with Gasteiger partial charge in [0.15, 0.2) is 9.84 Å². The lowest BCUT2D eigenvalue weighted by atomic mass is 9.99. The molecular formula is C12H27Cl2N3O3S. The summed E-state index contributed by atoms with van der Waals surface area (Å²) in [7, 11) is -2.83. The Kier molecular flexibility index (Phi) is 11.7. The molecule has 0 bridgehead atoms. The molecule has 6 nitrogen and oxygen atoms in total. The van der Waals surface area contributed by atoms with Crippen molar-refractivity contribution < 1.29 is 13.2 Å². The van der Waals surface area contributed by atoms with Gasteiger partial charge in [-0.15, -0.1) is 24.8 Å². The molecular weight excluding hydrogens is 337 g/mol. The number of carbonyl (C=O) groups is 1. The van der Waals surface area contributed by atoms with Crippen molar-refractivity contribution in [2.45, 2.75) is 26.3 Å². The van der Waals surface area contributed by atoms with Gasteiger partial charge in [0.1, 0.15) is 0 Å². The van der Waals surface area contributed by atoms with E-state index < -0.39 is 15.9 Å². The lowest BCUT2D eigenvalue weighted by Gasteiger charge is -2.26. The van der Waals surface area contributed by atoms with Gasteiger partial charge in [0.25, 0.3) is 0 Å². The van der Waals surface area contributed by atoms with E-state index in [1.807, 2.05) is 13.8 Å². The van der Waals surface area contributed by atoms with E-state index in [2.05, 4.69) is 10.2 Å². The number of amides is 1. The maximum absolute atomic E-state index is 11.7. The highest BCUT2D eigenvalue weighted by Crippen LogP contribution is 2.05. The van der Waals surface area contributed by atoms with Crippen LogP contribution in [0.15, 0.2) is 0 Å². The van der Waals surface area contributed by atoms with Crippen LogP contribution in [0.2, 0.25) is 0 Å². The second kappa shape index (κ2) is 10.6. The fraction of sp³-hybridized carbons (Fsp3) is 0.917. The average Bonchev–Trinajstić information content (AvgIpc) is 2.38. The summed E-state index contributed by atoms with van der Waals surface area (Å²) in [6.45, 7) is 6.26. The Morgan fingerprint density at radius 1 is 1.29 bits per heavy atom. The van der Waals surface area contributed by atoms with Gasteiger partial charge in [-0.25, -0.2) is 8.42 Å². The number of halogens is 2. The largest absolute Gasteiger partial charge is 0.353 e. The van der Waals surface area contributed by atoms with E-state index in [1.54, 1.807) is 0 Å². The van der Waals surface area contributed by atoms with Crippen LogP contribution in [0, 0.1) is 5.92 Å². The first-order chi connectivity index (χ1) is 8.85. The number of rotatable bonds is 6. The summed E-state index contributed by atoms with van der Waals surface area (Å²) in [6, 6.07) is -0.466. The first kappa shape index (κ1) is 23.2. The van der Waals surface area contributed by atoms with Crippen molar-refractivity contribution in [3.63, 3.8) is 0 Å². The Hall–Kier alpha value is -0.0800. The average molecular weight is 364 g/mol. The highest BCUT2D eigenvalue weighted by atomic mass is 35.5. The van der Waals surface area contributed by atoms with E-state index in [9.17, 15) is 13.2 Å². The lowest BCUT2D eigenvalue weighted by Crippen LogP contribution is -2.48. The lowest BCUT2D eigenvalue weighted by molar-refractivity contribution is -0.123. The molecule has 0 aromatic rings. The third-order valence-electron chi connectivity index (χ3n) is 3.72. The summed E-state index contributed by atoms with van der Waals surface area (Å²) < 4.78 is 22.5. The summed E-state index contributed by atoms with van der Waals surface area (Å²) in [5.74, 6) is 0.472. The zero-order valence-corrected chi connectivity index (χ0v) is 15.0. The fourth-order valence-electron chi connectivity index (χ4n) is 1.94. The van der Waals surface area contributed by atoms with Crippen LogP contribution in [0.25, 0.3) is 0 Å². The Morgan fingerprint density at radius 3 is 2.29 bits per heavy atom. The maximum atomic E-state index is 11.7. The first-order valence-electron chi connectivity index (χ1n) is 6.82. The van der Waals surface area contributed by atoms with Crippen LogP contribution in [0.3, 0.4) is 0 Å². The summed E-state index contributed by atoms with van der Waals surface area (Å²) in [6.07, 6.45) is 0.874. The summed E-state index contributed by atoms with van der Waals surface area (Å²) >= 11 is 0. The van der Waals surface area contributed by atoms with Gasteiger partial charge < -0.3 is 11.1 Å². The maximum Gasteiger partial charge on any atom is 0.237 e. The smallest absolute Gasteiger partial charge is 0.237 e. The molecule has 1 fully saturated rings. The Balaban J connectivity index is 0. The van der Waals surface area contributed by atoms with Crippen molar-refractivity contribution in [2.24, 2.45) is 11.7 Å². The SMILES string of the molecule is CCC(C)C(N)C(=O)NCCN1CCS(=O)(=O)CC1.Cl.Cl. The molecule has 0 aliphatic carbocycles. The van der Waals surface area contributed by atoms with Gasteiger partial charge >= 0.3 is 0 Å². The molecule has 0 radical (unpaired) electrons. The number of hydrogen-bond acceptors (Lipinski definition) is 5. The molecule has 2 atom stereocenters. The molecule has 3 N–H and O–H groups in total. The van der Waals surface area contributed by atoms with Crippen molar-refractivity contribution in [1.82, 2.24) is 10.2 Å². The minimum absolute atomic E-state index is 0. The zero-order valence-electron chi connectivity index (χ0n) is 12.6. The van der Waals surface area contributed by atoms with Crippen LogP contribution in [-0.2, 0) is 14.6 Å². The number of nitrogens with two attached hydrogens (primary N) is 1. The van der Waals surface area contributed by atoms with Gasteiger partial charge in [-0.1, -0.05) is 20.3 Å². The summed E-state index contributed by atoms with van der Waals surface area (Å²) in [5.41, 5.74) is 5.82. The molecule has 1 aliphatic rings.